The summed E-state index contributed by atoms with van der Waals surface area (Å²) < 4.78 is 0. The molecule has 6 heteroatoms. The second-order valence-corrected chi connectivity index (χ2v) is 1.82. The Morgan fingerprint density at radius 2 is 1.62 bits per heavy atom. The minimum absolute atomic E-state index is 0. The first-order valence-corrected chi connectivity index (χ1v) is 2.73. The SMILES string of the molecule is O.O.O=C(O)c1ccccc1O.[Ni]. The molecule has 0 saturated carbocycles. The molecule has 78 valence electrons. The summed E-state index contributed by atoms with van der Waals surface area (Å²) in [5.74, 6) is -1.31. The van der Waals surface area contributed by atoms with Crippen LogP contribution in [-0.2, 0) is 16.5 Å². The predicted octanol–water partition coefficient (Wildman–Crippen LogP) is -0.562. The van der Waals surface area contributed by atoms with Gasteiger partial charge in [0.15, 0.2) is 0 Å². The molecule has 1 aromatic rings. The molecule has 13 heavy (non-hydrogen) atoms. The Hall–Kier alpha value is -1.10. The maximum atomic E-state index is 10.3. The van der Waals surface area contributed by atoms with Gasteiger partial charge in [-0.3, -0.25) is 0 Å². The van der Waals surface area contributed by atoms with E-state index in [0.29, 0.717) is 0 Å². The molecule has 6 N–H and O–H groups in total. The largest absolute Gasteiger partial charge is 0.507 e. The number of carboxylic acid groups (broad SMARTS) is 1. The quantitative estimate of drug-likeness (QED) is 0.632. The summed E-state index contributed by atoms with van der Waals surface area (Å²) >= 11 is 0. The average Bonchev–Trinajstić information content (AvgIpc) is 1.88. The molecule has 0 fully saturated rings. The van der Waals surface area contributed by atoms with Gasteiger partial charge in [-0.15, -0.1) is 0 Å². The van der Waals surface area contributed by atoms with Crippen molar-refractivity contribution in [3.8, 4) is 5.75 Å². The van der Waals surface area contributed by atoms with Gasteiger partial charge < -0.3 is 21.2 Å². The number of carbonyl (C=O) groups is 1. The van der Waals surface area contributed by atoms with Crippen LogP contribution in [0.1, 0.15) is 10.4 Å². The van der Waals surface area contributed by atoms with Gasteiger partial charge in [0.2, 0.25) is 0 Å². The van der Waals surface area contributed by atoms with Crippen molar-refractivity contribution in [2.45, 2.75) is 0 Å². The van der Waals surface area contributed by atoms with E-state index in [1.54, 1.807) is 12.1 Å². The Bertz CT molecular complexity index is 263. The average molecular weight is 233 g/mol. The minimum atomic E-state index is -1.11. The van der Waals surface area contributed by atoms with E-state index < -0.39 is 5.97 Å². The predicted molar refractivity (Wildman–Crippen MR) is 42.3 cm³/mol. The Morgan fingerprint density at radius 3 is 1.92 bits per heavy atom. The molecule has 0 bridgehead atoms. The zero-order valence-corrected chi connectivity index (χ0v) is 7.42. The molecule has 0 aliphatic rings. The van der Waals surface area contributed by atoms with Gasteiger partial charge >= 0.3 is 5.97 Å². The molecule has 0 radical (unpaired) electrons. The van der Waals surface area contributed by atoms with Gasteiger partial charge in [-0.2, -0.15) is 0 Å². The third-order valence-electron chi connectivity index (χ3n) is 1.13. The van der Waals surface area contributed by atoms with E-state index >= 15 is 0 Å². The van der Waals surface area contributed by atoms with Crippen molar-refractivity contribution in [1.29, 1.82) is 0 Å². The first kappa shape index (κ1) is 17.9. The van der Waals surface area contributed by atoms with E-state index in [1.165, 1.54) is 12.1 Å². The van der Waals surface area contributed by atoms with Gasteiger partial charge in [0.25, 0.3) is 0 Å². The summed E-state index contributed by atoms with van der Waals surface area (Å²) in [6.45, 7) is 0. The molecule has 0 aliphatic heterocycles. The smallest absolute Gasteiger partial charge is 0.339 e. The Morgan fingerprint density at radius 1 is 1.15 bits per heavy atom. The van der Waals surface area contributed by atoms with E-state index in [-0.39, 0.29) is 38.8 Å². The number of hydrogen-bond donors (Lipinski definition) is 2. The van der Waals surface area contributed by atoms with Gasteiger partial charge in [-0.25, -0.2) is 4.79 Å². The second-order valence-electron chi connectivity index (χ2n) is 1.82. The van der Waals surface area contributed by atoms with Crippen LogP contribution >= 0.6 is 0 Å². The first-order chi connectivity index (χ1) is 4.72. The molecule has 0 aromatic heterocycles. The van der Waals surface area contributed by atoms with Crippen molar-refractivity contribution in [2.24, 2.45) is 0 Å². The molecule has 0 heterocycles. The maximum absolute atomic E-state index is 10.3. The zero-order chi connectivity index (χ0) is 7.56. The molecule has 0 unspecified atom stereocenters. The number of phenols is 1. The van der Waals surface area contributed by atoms with E-state index in [9.17, 15) is 4.79 Å². The van der Waals surface area contributed by atoms with Gasteiger partial charge in [0.1, 0.15) is 11.3 Å². The Kier molecular flexibility index (Phi) is 10.4. The van der Waals surface area contributed by atoms with Crippen molar-refractivity contribution in [3.63, 3.8) is 0 Å². The standard InChI is InChI=1S/C7H6O3.Ni.2H2O/c8-6-4-2-1-3-5(6)7(9)10;;;/h1-4,8H,(H,9,10);;2*1H2. The van der Waals surface area contributed by atoms with Crippen LogP contribution in [0.15, 0.2) is 24.3 Å². The number of para-hydroxylation sites is 1. The molecule has 0 amide bonds. The van der Waals surface area contributed by atoms with Crippen LogP contribution in [0.2, 0.25) is 0 Å². The minimum Gasteiger partial charge on any atom is -0.507 e. The molecule has 5 nitrogen and oxygen atoms in total. The summed E-state index contributed by atoms with van der Waals surface area (Å²) in [4.78, 5) is 10.3. The number of rotatable bonds is 1. The molecular formula is C7H10NiO5. The topological polar surface area (TPSA) is 121 Å². The number of carboxylic acids is 1. The van der Waals surface area contributed by atoms with E-state index in [1.807, 2.05) is 0 Å². The van der Waals surface area contributed by atoms with E-state index in [2.05, 4.69) is 0 Å². The fourth-order valence-electron chi connectivity index (χ4n) is 0.654. The molecule has 1 aromatic carbocycles. The van der Waals surface area contributed by atoms with Crippen LogP contribution in [0.25, 0.3) is 0 Å². The first-order valence-electron chi connectivity index (χ1n) is 2.73. The normalized spacial score (nSPS) is 7.08. The van der Waals surface area contributed by atoms with Gasteiger partial charge in [0, 0.05) is 16.5 Å². The van der Waals surface area contributed by atoms with Crippen molar-refractivity contribution >= 4 is 5.97 Å². The number of aromatic hydroxyl groups is 1. The monoisotopic (exact) mass is 232 g/mol. The van der Waals surface area contributed by atoms with Crippen molar-refractivity contribution in [3.05, 3.63) is 29.8 Å². The molecule has 0 atom stereocenters. The number of benzene rings is 1. The van der Waals surface area contributed by atoms with Crippen molar-refractivity contribution < 1.29 is 42.5 Å². The molecule has 0 saturated heterocycles. The number of aromatic carboxylic acids is 1. The second kappa shape index (κ2) is 7.55. The zero-order valence-electron chi connectivity index (χ0n) is 6.43. The van der Waals surface area contributed by atoms with E-state index in [0.717, 1.165) is 0 Å². The van der Waals surface area contributed by atoms with Crippen LogP contribution in [0.5, 0.6) is 5.75 Å². The summed E-state index contributed by atoms with van der Waals surface area (Å²) in [6.07, 6.45) is 0. The fraction of sp³-hybridized carbons (Fsp3) is 0. The van der Waals surface area contributed by atoms with Gasteiger partial charge in [-0.1, -0.05) is 12.1 Å². The summed E-state index contributed by atoms with van der Waals surface area (Å²) in [6, 6.07) is 5.81. The third kappa shape index (κ3) is 4.47. The third-order valence-corrected chi connectivity index (χ3v) is 1.13. The maximum Gasteiger partial charge on any atom is 0.339 e. The molecular weight excluding hydrogens is 223 g/mol. The Balaban J connectivity index is -0.000000333. The van der Waals surface area contributed by atoms with Crippen LogP contribution in [0.3, 0.4) is 0 Å². The van der Waals surface area contributed by atoms with Crippen LogP contribution in [-0.4, -0.2) is 27.1 Å². The van der Waals surface area contributed by atoms with Crippen LogP contribution in [0, 0.1) is 0 Å². The molecule has 0 spiro atoms. The van der Waals surface area contributed by atoms with E-state index in [4.69, 9.17) is 10.2 Å². The molecule has 1 rings (SSSR count). The fourth-order valence-corrected chi connectivity index (χ4v) is 0.654. The summed E-state index contributed by atoms with van der Waals surface area (Å²) in [7, 11) is 0. The Labute approximate surface area is 84.6 Å². The summed E-state index contributed by atoms with van der Waals surface area (Å²) in [5.41, 5.74) is -0.0671. The van der Waals surface area contributed by atoms with Crippen LogP contribution < -0.4 is 0 Å². The van der Waals surface area contributed by atoms with Crippen molar-refractivity contribution in [1.82, 2.24) is 0 Å². The van der Waals surface area contributed by atoms with Gasteiger partial charge in [0.05, 0.1) is 0 Å². The van der Waals surface area contributed by atoms with Crippen molar-refractivity contribution in [2.75, 3.05) is 0 Å². The molecule has 0 aliphatic carbocycles. The van der Waals surface area contributed by atoms with Crippen LogP contribution in [0.4, 0.5) is 0 Å². The summed E-state index contributed by atoms with van der Waals surface area (Å²) in [5, 5.41) is 17.3. The van der Waals surface area contributed by atoms with Gasteiger partial charge in [-0.05, 0) is 12.1 Å². The number of hydrogen-bond acceptors (Lipinski definition) is 2.